The topological polar surface area (TPSA) is 70.3 Å². The van der Waals surface area contributed by atoms with E-state index in [9.17, 15) is 4.39 Å². The molecule has 0 fully saturated rings. The average Bonchev–Trinajstić information content (AvgIpc) is 3.06. The number of nitrogens with zero attached hydrogens (tertiary/aromatic N) is 4. The molecule has 5 nitrogen and oxygen atoms in total. The molecule has 2 aromatic heterocycles. The van der Waals surface area contributed by atoms with Gasteiger partial charge in [-0.05, 0) is 42.0 Å². The Morgan fingerprint density at radius 2 is 1.85 bits per heavy atom. The molecule has 0 aliphatic rings. The van der Waals surface area contributed by atoms with E-state index in [1.165, 1.54) is 12.1 Å². The van der Waals surface area contributed by atoms with Crippen molar-refractivity contribution in [2.24, 2.45) is 7.05 Å². The fourth-order valence-corrected chi connectivity index (χ4v) is 2.14. The zero-order chi connectivity index (χ0) is 14.1. The van der Waals surface area contributed by atoms with Crippen molar-refractivity contribution in [3.63, 3.8) is 0 Å². The highest BCUT2D eigenvalue weighted by Crippen LogP contribution is 2.27. The lowest BCUT2D eigenvalue weighted by Crippen LogP contribution is -1.96. The Labute approximate surface area is 114 Å². The van der Waals surface area contributed by atoms with Crippen LogP contribution in [0.1, 0.15) is 5.69 Å². The minimum absolute atomic E-state index is 0.272. The Hall–Kier alpha value is -2.94. The predicted molar refractivity (Wildman–Crippen MR) is 70.9 cm³/mol. The van der Waals surface area contributed by atoms with E-state index >= 15 is 0 Å². The number of rotatable bonds is 2. The Morgan fingerprint density at radius 1 is 1.15 bits per heavy atom. The Morgan fingerprint density at radius 3 is 2.55 bits per heavy atom. The van der Waals surface area contributed by atoms with Crippen molar-refractivity contribution in [2.75, 3.05) is 0 Å². The molecule has 0 spiro atoms. The summed E-state index contributed by atoms with van der Waals surface area (Å²) < 4.78 is 14.9. The molecule has 0 unspecified atom stereocenters. The third-order valence-corrected chi connectivity index (χ3v) is 3.16. The summed E-state index contributed by atoms with van der Waals surface area (Å²) in [6.45, 7) is 0. The third-order valence-electron chi connectivity index (χ3n) is 3.16. The highest BCUT2D eigenvalue weighted by molar-refractivity contribution is 5.69. The molecule has 0 radical (unpaired) electrons. The molecule has 3 rings (SSSR count). The van der Waals surface area contributed by atoms with Crippen molar-refractivity contribution in [1.29, 1.82) is 5.26 Å². The van der Waals surface area contributed by atoms with Gasteiger partial charge in [-0.1, -0.05) is 5.21 Å². The number of hydrogen-bond acceptors (Lipinski definition) is 3. The molecule has 0 aliphatic carbocycles. The summed E-state index contributed by atoms with van der Waals surface area (Å²) in [6, 6.07) is 12.0. The fraction of sp³-hybridized carbons (Fsp3) is 0.0714. The molecule has 0 aliphatic heterocycles. The van der Waals surface area contributed by atoms with E-state index in [4.69, 9.17) is 5.26 Å². The standard InChI is InChI=1S/C14H10FN5/c1-20-12(9-2-4-10(15)5-3-9)6-7-13(20)14-11(8-16)17-19-18-14/h2-7H,1H3,(H,17,18,19). The molecule has 6 heteroatoms. The van der Waals surface area contributed by atoms with Crippen LogP contribution in [0.25, 0.3) is 22.6 Å². The molecule has 0 atom stereocenters. The van der Waals surface area contributed by atoms with E-state index in [1.54, 1.807) is 12.1 Å². The van der Waals surface area contributed by atoms with Crippen molar-refractivity contribution in [1.82, 2.24) is 20.0 Å². The van der Waals surface area contributed by atoms with Crippen molar-refractivity contribution in [2.45, 2.75) is 0 Å². The van der Waals surface area contributed by atoms with Gasteiger partial charge in [0.05, 0.1) is 5.69 Å². The second-order valence-electron chi connectivity index (χ2n) is 4.32. The first-order valence-corrected chi connectivity index (χ1v) is 5.94. The van der Waals surface area contributed by atoms with Gasteiger partial charge in [-0.2, -0.15) is 5.26 Å². The molecular weight excluding hydrogens is 257 g/mol. The minimum Gasteiger partial charge on any atom is -0.342 e. The maximum Gasteiger partial charge on any atom is 0.165 e. The summed E-state index contributed by atoms with van der Waals surface area (Å²) in [5.74, 6) is -0.272. The second kappa shape index (κ2) is 4.63. The largest absolute Gasteiger partial charge is 0.342 e. The zero-order valence-corrected chi connectivity index (χ0v) is 10.6. The van der Waals surface area contributed by atoms with E-state index in [0.29, 0.717) is 11.4 Å². The molecule has 0 bridgehead atoms. The van der Waals surface area contributed by atoms with Crippen LogP contribution in [0.2, 0.25) is 0 Å². The summed E-state index contributed by atoms with van der Waals surface area (Å²) in [7, 11) is 1.86. The van der Waals surface area contributed by atoms with Crippen LogP contribution in [-0.4, -0.2) is 20.0 Å². The lowest BCUT2D eigenvalue weighted by molar-refractivity contribution is 0.628. The number of nitrogens with one attached hydrogen (secondary N) is 1. The number of aromatic nitrogens is 4. The number of benzene rings is 1. The summed E-state index contributed by atoms with van der Waals surface area (Å²) in [5, 5.41) is 19.1. The van der Waals surface area contributed by atoms with Crippen LogP contribution >= 0.6 is 0 Å². The molecule has 2 heterocycles. The average molecular weight is 267 g/mol. The SMILES string of the molecule is Cn1c(-c2ccc(F)cc2)ccc1-c1nn[nH]c1C#N. The van der Waals surface area contributed by atoms with Gasteiger partial charge in [0, 0.05) is 12.7 Å². The monoisotopic (exact) mass is 267 g/mol. The third kappa shape index (κ3) is 1.86. The number of hydrogen-bond donors (Lipinski definition) is 1. The van der Waals surface area contributed by atoms with Crippen LogP contribution in [0.5, 0.6) is 0 Å². The smallest absolute Gasteiger partial charge is 0.165 e. The van der Waals surface area contributed by atoms with Gasteiger partial charge in [-0.3, -0.25) is 0 Å². The van der Waals surface area contributed by atoms with Crippen LogP contribution < -0.4 is 0 Å². The maximum atomic E-state index is 13.0. The van der Waals surface area contributed by atoms with Gasteiger partial charge in [0.2, 0.25) is 0 Å². The highest BCUT2D eigenvalue weighted by Gasteiger charge is 2.15. The zero-order valence-electron chi connectivity index (χ0n) is 10.6. The molecule has 1 N–H and O–H groups in total. The predicted octanol–water partition coefficient (Wildman–Crippen LogP) is 2.49. The number of nitriles is 1. The molecule has 0 saturated carbocycles. The van der Waals surface area contributed by atoms with E-state index in [2.05, 4.69) is 15.4 Å². The van der Waals surface area contributed by atoms with Crippen molar-refractivity contribution >= 4 is 0 Å². The van der Waals surface area contributed by atoms with Crippen molar-refractivity contribution in [3.05, 3.63) is 47.9 Å². The molecule has 0 saturated heterocycles. The van der Waals surface area contributed by atoms with Gasteiger partial charge in [-0.25, -0.2) is 9.49 Å². The van der Waals surface area contributed by atoms with Gasteiger partial charge in [0.1, 0.15) is 17.6 Å². The van der Waals surface area contributed by atoms with Crippen LogP contribution in [0, 0.1) is 17.1 Å². The molecule has 98 valence electrons. The summed E-state index contributed by atoms with van der Waals surface area (Å²) >= 11 is 0. The van der Waals surface area contributed by atoms with Gasteiger partial charge < -0.3 is 4.57 Å². The lowest BCUT2D eigenvalue weighted by atomic mass is 10.1. The fourth-order valence-electron chi connectivity index (χ4n) is 2.14. The minimum atomic E-state index is -0.272. The highest BCUT2D eigenvalue weighted by atomic mass is 19.1. The quantitative estimate of drug-likeness (QED) is 0.775. The molecule has 1 aromatic carbocycles. The van der Waals surface area contributed by atoms with Crippen LogP contribution in [-0.2, 0) is 7.05 Å². The summed E-state index contributed by atoms with van der Waals surface area (Å²) in [5.41, 5.74) is 3.39. The van der Waals surface area contributed by atoms with E-state index in [1.807, 2.05) is 29.8 Å². The molecular formula is C14H10FN5. The van der Waals surface area contributed by atoms with Crippen molar-refractivity contribution in [3.8, 4) is 28.7 Å². The number of aromatic amines is 1. The Bertz CT molecular complexity index is 792. The first kappa shape index (κ1) is 12.1. The van der Waals surface area contributed by atoms with E-state index in [-0.39, 0.29) is 5.82 Å². The van der Waals surface area contributed by atoms with Crippen molar-refractivity contribution < 1.29 is 4.39 Å². The van der Waals surface area contributed by atoms with Gasteiger partial charge >= 0.3 is 0 Å². The second-order valence-corrected chi connectivity index (χ2v) is 4.32. The van der Waals surface area contributed by atoms with Crippen LogP contribution in [0.4, 0.5) is 4.39 Å². The Kier molecular flexibility index (Phi) is 2.80. The molecule has 20 heavy (non-hydrogen) atoms. The normalized spacial score (nSPS) is 10.4. The van der Waals surface area contributed by atoms with Gasteiger partial charge in [-0.15, -0.1) is 5.10 Å². The maximum absolute atomic E-state index is 13.0. The number of H-pyrrole nitrogens is 1. The Balaban J connectivity index is 2.10. The van der Waals surface area contributed by atoms with Crippen LogP contribution in [0.3, 0.4) is 0 Å². The first-order chi connectivity index (χ1) is 9.70. The lowest BCUT2D eigenvalue weighted by Gasteiger charge is -2.06. The van der Waals surface area contributed by atoms with E-state index < -0.39 is 0 Å². The van der Waals surface area contributed by atoms with Gasteiger partial charge in [0.25, 0.3) is 0 Å². The molecule has 3 aromatic rings. The van der Waals surface area contributed by atoms with Gasteiger partial charge in [0.15, 0.2) is 5.69 Å². The van der Waals surface area contributed by atoms with Crippen LogP contribution in [0.15, 0.2) is 36.4 Å². The summed E-state index contributed by atoms with van der Waals surface area (Å²) in [4.78, 5) is 0. The molecule has 0 amide bonds. The van der Waals surface area contributed by atoms with E-state index in [0.717, 1.165) is 17.0 Å². The summed E-state index contributed by atoms with van der Waals surface area (Å²) in [6.07, 6.45) is 0. The number of halogens is 1. The first-order valence-electron chi connectivity index (χ1n) is 5.94.